The zero-order valence-electron chi connectivity index (χ0n) is 15.8. The lowest BCUT2D eigenvalue weighted by atomic mass is 10.1. The van der Waals surface area contributed by atoms with Gasteiger partial charge in [-0.05, 0) is 37.8 Å². The molecule has 8 nitrogen and oxygen atoms in total. The van der Waals surface area contributed by atoms with Gasteiger partial charge in [-0.25, -0.2) is 4.98 Å². The highest BCUT2D eigenvalue weighted by molar-refractivity contribution is 7.99. The molecule has 0 unspecified atom stereocenters. The first kappa shape index (κ1) is 18.9. The second-order valence-electron chi connectivity index (χ2n) is 7.07. The van der Waals surface area contributed by atoms with E-state index in [9.17, 15) is 9.59 Å². The van der Waals surface area contributed by atoms with Crippen LogP contribution in [0.3, 0.4) is 0 Å². The Kier molecular flexibility index (Phi) is 5.90. The van der Waals surface area contributed by atoms with E-state index in [0.717, 1.165) is 38.9 Å². The molecule has 0 radical (unpaired) electrons. The fourth-order valence-electron chi connectivity index (χ4n) is 3.62. The first-order valence-corrected chi connectivity index (χ1v) is 10.7. The van der Waals surface area contributed by atoms with Crippen molar-refractivity contribution in [1.29, 1.82) is 0 Å². The number of amides is 2. The Labute approximate surface area is 168 Å². The predicted octanol–water partition coefficient (Wildman–Crippen LogP) is 1.89. The van der Waals surface area contributed by atoms with E-state index in [4.69, 9.17) is 0 Å². The van der Waals surface area contributed by atoms with Gasteiger partial charge in [0.2, 0.25) is 11.8 Å². The molecule has 28 heavy (non-hydrogen) atoms. The molecule has 2 saturated heterocycles. The highest BCUT2D eigenvalue weighted by atomic mass is 32.2. The number of pyridine rings is 1. The molecule has 0 atom stereocenters. The number of nitrogens with zero attached hydrogens (tertiary/aromatic N) is 6. The zero-order chi connectivity index (χ0) is 19.3. The van der Waals surface area contributed by atoms with Crippen LogP contribution in [0, 0.1) is 0 Å². The Bertz CT molecular complexity index is 834. The van der Waals surface area contributed by atoms with Gasteiger partial charge in [0.1, 0.15) is 5.82 Å². The molecular formula is C19H24N6O2S. The van der Waals surface area contributed by atoms with Crippen LogP contribution < -0.4 is 0 Å². The largest absolute Gasteiger partial charge is 0.342 e. The van der Waals surface area contributed by atoms with E-state index in [1.165, 1.54) is 18.2 Å². The number of thioether (sulfide) groups is 1. The van der Waals surface area contributed by atoms with Gasteiger partial charge in [0, 0.05) is 32.3 Å². The van der Waals surface area contributed by atoms with Gasteiger partial charge < -0.3 is 9.80 Å². The van der Waals surface area contributed by atoms with E-state index in [1.54, 1.807) is 11.1 Å². The maximum atomic E-state index is 12.5. The van der Waals surface area contributed by atoms with Crippen LogP contribution in [0.2, 0.25) is 0 Å². The van der Waals surface area contributed by atoms with Gasteiger partial charge in [-0.2, -0.15) is 0 Å². The molecule has 2 aromatic rings. The average Bonchev–Trinajstić information content (AvgIpc) is 3.33. The van der Waals surface area contributed by atoms with Crippen LogP contribution in [0.15, 0.2) is 29.6 Å². The van der Waals surface area contributed by atoms with Crippen molar-refractivity contribution >= 4 is 23.6 Å². The Morgan fingerprint density at radius 2 is 1.93 bits per heavy atom. The summed E-state index contributed by atoms with van der Waals surface area (Å²) in [6.07, 6.45) is 6.53. The van der Waals surface area contributed by atoms with Crippen LogP contribution in [-0.4, -0.2) is 66.7 Å². The van der Waals surface area contributed by atoms with Crippen molar-refractivity contribution in [3.05, 3.63) is 30.2 Å². The molecule has 9 heteroatoms. The summed E-state index contributed by atoms with van der Waals surface area (Å²) in [5.74, 6) is 1.97. The quantitative estimate of drug-likeness (QED) is 0.689. The van der Waals surface area contributed by atoms with Crippen molar-refractivity contribution in [3.63, 3.8) is 0 Å². The summed E-state index contributed by atoms with van der Waals surface area (Å²) in [7, 11) is 0. The lowest BCUT2D eigenvalue weighted by Crippen LogP contribution is -2.36. The van der Waals surface area contributed by atoms with Crippen LogP contribution in [0.25, 0.3) is 5.82 Å². The van der Waals surface area contributed by atoms with Crippen LogP contribution in [0.4, 0.5) is 0 Å². The fourth-order valence-corrected chi connectivity index (χ4v) is 4.48. The third-order valence-corrected chi connectivity index (χ3v) is 6.03. The Morgan fingerprint density at radius 1 is 1.07 bits per heavy atom. The summed E-state index contributed by atoms with van der Waals surface area (Å²) < 4.78 is 1.86. The van der Waals surface area contributed by atoms with Crippen molar-refractivity contribution in [2.75, 3.05) is 25.4 Å². The van der Waals surface area contributed by atoms with E-state index in [-0.39, 0.29) is 11.8 Å². The summed E-state index contributed by atoms with van der Waals surface area (Å²) in [4.78, 5) is 32.7. The molecule has 2 aromatic heterocycles. The van der Waals surface area contributed by atoms with Crippen LogP contribution >= 0.6 is 11.8 Å². The lowest BCUT2D eigenvalue weighted by Gasteiger charge is -2.26. The molecular weight excluding hydrogens is 376 g/mol. The van der Waals surface area contributed by atoms with Crippen LogP contribution in [0.5, 0.6) is 0 Å². The third kappa shape index (κ3) is 4.19. The van der Waals surface area contributed by atoms with Crippen LogP contribution in [0.1, 0.15) is 37.9 Å². The molecule has 0 spiro atoms. The molecule has 2 amide bonds. The number of hydrogen-bond donors (Lipinski definition) is 0. The van der Waals surface area contributed by atoms with Crippen molar-refractivity contribution in [2.45, 2.75) is 43.8 Å². The van der Waals surface area contributed by atoms with Gasteiger partial charge in [0.15, 0.2) is 11.0 Å². The minimum Gasteiger partial charge on any atom is -0.342 e. The first-order valence-electron chi connectivity index (χ1n) is 9.76. The summed E-state index contributed by atoms with van der Waals surface area (Å²) in [5.41, 5.74) is 0. The molecule has 2 aliphatic heterocycles. The normalized spacial score (nSPS) is 17.4. The summed E-state index contributed by atoms with van der Waals surface area (Å²) >= 11 is 1.38. The minimum absolute atomic E-state index is 0.136. The predicted molar refractivity (Wildman–Crippen MR) is 105 cm³/mol. The van der Waals surface area contributed by atoms with Gasteiger partial charge in [0.05, 0.1) is 12.3 Å². The highest BCUT2D eigenvalue weighted by Crippen LogP contribution is 2.24. The van der Waals surface area contributed by atoms with E-state index >= 15 is 0 Å². The zero-order valence-corrected chi connectivity index (χ0v) is 16.6. The second-order valence-corrected chi connectivity index (χ2v) is 8.01. The Balaban J connectivity index is 1.53. The number of rotatable bonds is 6. The van der Waals surface area contributed by atoms with Gasteiger partial charge in [0.25, 0.3) is 0 Å². The average molecular weight is 401 g/mol. The number of hydrogen-bond acceptors (Lipinski definition) is 6. The lowest BCUT2D eigenvalue weighted by molar-refractivity contribution is -0.129. The highest BCUT2D eigenvalue weighted by Gasteiger charge is 2.25. The third-order valence-electron chi connectivity index (χ3n) is 5.12. The molecule has 2 aliphatic rings. The number of piperidine rings is 1. The molecule has 4 rings (SSSR count). The maximum Gasteiger partial charge on any atom is 0.233 e. The SMILES string of the molecule is O=C(CSc1nnc(CN2CCCC2=O)n1-c1ccccn1)N1CCCCC1. The molecule has 148 valence electrons. The Hall–Kier alpha value is -2.42. The number of likely N-dealkylation sites (tertiary alicyclic amines) is 2. The molecule has 0 aromatic carbocycles. The number of carbonyl (C=O) groups is 2. The second kappa shape index (κ2) is 8.72. The van der Waals surface area contributed by atoms with E-state index in [1.807, 2.05) is 27.7 Å². The van der Waals surface area contributed by atoms with Crippen molar-refractivity contribution < 1.29 is 9.59 Å². The van der Waals surface area contributed by atoms with Gasteiger partial charge in [-0.15, -0.1) is 10.2 Å². The van der Waals surface area contributed by atoms with Crippen molar-refractivity contribution in [1.82, 2.24) is 29.5 Å². The number of aromatic nitrogens is 4. The molecule has 4 heterocycles. The van der Waals surface area contributed by atoms with Crippen molar-refractivity contribution in [2.24, 2.45) is 0 Å². The van der Waals surface area contributed by atoms with Gasteiger partial charge in [-0.3, -0.25) is 14.2 Å². The molecule has 0 bridgehead atoms. The molecule has 0 N–H and O–H groups in total. The smallest absolute Gasteiger partial charge is 0.233 e. The first-order chi connectivity index (χ1) is 13.7. The topological polar surface area (TPSA) is 84.2 Å². The van der Waals surface area contributed by atoms with Gasteiger partial charge in [-0.1, -0.05) is 17.8 Å². The van der Waals surface area contributed by atoms with Gasteiger partial charge >= 0.3 is 0 Å². The van der Waals surface area contributed by atoms with Crippen molar-refractivity contribution in [3.8, 4) is 5.82 Å². The monoisotopic (exact) mass is 400 g/mol. The fraction of sp³-hybridized carbons (Fsp3) is 0.526. The van der Waals surface area contributed by atoms with E-state index < -0.39 is 0 Å². The molecule has 0 aliphatic carbocycles. The summed E-state index contributed by atoms with van der Waals surface area (Å²) in [6.45, 7) is 2.83. The minimum atomic E-state index is 0.136. The van der Waals surface area contributed by atoms with Crippen LogP contribution in [-0.2, 0) is 16.1 Å². The maximum absolute atomic E-state index is 12.5. The molecule has 0 saturated carbocycles. The summed E-state index contributed by atoms with van der Waals surface area (Å²) in [6, 6.07) is 5.64. The number of carbonyl (C=O) groups excluding carboxylic acids is 2. The Morgan fingerprint density at radius 3 is 2.64 bits per heavy atom. The molecule has 2 fully saturated rings. The standard InChI is InChI=1S/C19H24N6O2S/c26-17-8-6-12-24(17)13-16-21-22-19(25(16)15-7-2-3-9-20-15)28-14-18(27)23-10-4-1-5-11-23/h2-3,7,9H,1,4-6,8,10-14H2. The summed E-state index contributed by atoms with van der Waals surface area (Å²) in [5, 5.41) is 9.25. The van der Waals surface area contributed by atoms with E-state index in [0.29, 0.717) is 35.5 Å². The van der Waals surface area contributed by atoms with E-state index in [2.05, 4.69) is 15.2 Å².